The number of H-pyrrole nitrogens is 1. The lowest BCUT2D eigenvalue weighted by atomic mass is 10.1. The van der Waals surface area contributed by atoms with Crippen molar-refractivity contribution >= 4 is 16.8 Å². The highest BCUT2D eigenvalue weighted by Gasteiger charge is 2.38. The molecule has 1 aromatic rings. The molecule has 2 heterocycles. The van der Waals surface area contributed by atoms with Gasteiger partial charge < -0.3 is 4.84 Å². The Hall–Kier alpha value is -1.38. The molecule has 0 amide bonds. The van der Waals surface area contributed by atoms with E-state index in [0.717, 1.165) is 16.4 Å². The van der Waals surface area contributed by atoms with Gasteiger partial charge in [0.05, 0.1) is 5.56 Å². The van der Waals surface area contributed by atoms with Crippen molar-refractivity contribution in [2.45, 2.75) is 51.3 Å². The van der Waals surface area contributed by atoms with Crippen molar-refractivity contribution in [2.75, 3.05) is 0 Å². The van der Waals surface area contributed by atoms with Crippen LogP contribution in [0.15, 0.2) is 9.95 Å². The fourth-order valence-corrected chi connectivity index (χ4v) is 3.07. The summed E-state index contributed by atoms with van der Waals surface area (Å²) < 4.78 is 39.8. The molecule has 2 rings (SSSR count). The molecule has 1 aromatic heterocycles. The molecule has 0 aromatic carbocycles. The van der Waals surface area contributed by atoms with Crippen molar-refractivity contribution in [3.63, 3.8) is 0 Å². The molecule has 0 radical (unpaired) electrons. The summed E-state index contributed by atoms with van der Waals surface area (Å²) in [5.74, 6) is -0.0878. The highest BCUT2D eigenvalue weighted by molar-refractivity contribution is 8.13. The number of nitrogens with one attached hydrogen (secondary N) is 1. The van der Waals surface area contributed by atoms with Crippen LogP contribution in [0.5, 0.6) is 0 Å². The summed E-state index contributed by atoms with van der Waals surface area (Å²) in [5.41, 5.74) is -2.35. The molecule has 1 N–H and O–H groups in total. The fraction of sp³-hybridized carbons (Fsp3) is 0.667. The lowest BCUT2D eigenvalue weighted by molar-refractivity contribution is -0.142. The molecule has 0 unspecified atom stereocenters. The Morgan fingerprint density at radius 2 is 2.14 bits per heavy atom. The van der Waals surface area contributed by atoms with Crippen molar-refractivity contribution in [3.05, 3.63) is 21.6 Å². The number of aryl methyl sites for hydroxylation is 1. The Morgan fingerprint density at radius 3 is 2.62 bits per heavy atom. The van der Waals surface area contributed by atoms with Gasteiger partial charge in [0.15, 0.2) is 0 Å². The lowest BCUT2D eigenvalue weighted by Crippen LogP contribution is -2.19. The van der Waals surface area contributed by atoms with Gasteiger partial charge in [0.2, 0.25) is 0 Å². The van der Waals surface area contributed by atoms with Gasteiger partial charge in [-0.05, 0) is 20.8 Å². The van der Waals surface area contributed by atoms with Crippen molar-refractivity contribution in [2.24, 2.45) is 5.16 Å². The topological polar surface area (TPSA) is 59.4 Å². The predicted octanol–water partition coefficient (Wildman–Crippen LogP) is 2.96. The standard InChI is InChI=1S/C12H16F3N3O2S/c1-4-18-10(19)7(9(16-18)12(13,14)15)6-21-8-5-11(2,3)20-17-8/h16H,4-6H2,1-3H3. The van der Waals surface area contributed by atoms with Gasteiger partial charge in [-0.25, -0.2) is 0 Å². The predicted molar refractivity (Wildman–Crippen MR) is 74.2 cm³/mol. The molecule has 1 aliphatic rings. The van der Waals surface area contributed by atoms with Crippen molar-refractivity contribution in [1.82, 2.24) is 9.78 Å². The largest absolute Gasteiger partial charge is 0.433 e. The van der Waals surface area contributed by atoms with Gasteiger partial charge in [-0.1, -0.05) is 5.16 Å². The second-order valence-corrected chi connectivity index (χ2v) is 6.36. The van der Waals surface area contributed by atoms with Gasteiger partial charge >= 0.3 is 6.18 Å². The third-order valence-corrected chi connectivity index (χ3v) is 3.99. The number of aromatic nitrogens is 2. The Bertz CT molecular complexity index is 616. The van der Waals surface area contributed by atoms with Crippen LogP contribution in [-0.4, -0.2) is 20.4 Å². The summed E-state index contributed by atoms with van der Waals surface area (Å²) in [5, 5.41) is 6.55. The maximum atomic E-state index is 13.0. The monoisotopic (exact) mass is 323 g/mol. The summed E-state index contributed by atoms with van der Waals surface area (Å²) in [4.78, 5) is 17.1. The third kappa shape index (κ3) is 3.45. The minimum Gasteiger partial charge on any atom is -0.389 e. The van der Waals surface area contributed by atoms with Crippen LogP contribution in [0.2, 0.25) is 0 Å². The minimum absolute atomic E-state index is 0.0878. The number of hydrogen-bond acceptors (Lipinski definition) is 4. The first-order chi connectivity index (χ1) is 9.64. The van der Waals surface area contributed by atoms with Crippen LogP contribution in [0, 0.1) is 0 Å². The summed E-state index contributed by atoms with van der Waals surface area (Å²) in [6.07, 6.45) is -4.06. The third-order valence-electron chi connectivity index (χ3n) is 3.01. The molecular weight excluding hydrogens is 307 g/mol. The average molecular weight is 323 g/mol. The first kappa shape index (κ1) is 16.0. The Labute approximate surface area is 123 Å². The summed E-state index contributed by atoms with van der Waals surface area (Å²) in [6, 6.07) is 0. The van der Waals surface area contributed by atoms with Gasteiger partial charge in [0, 0.05) is 18.7 Å². The maximum Gasteiger partial charge on any atom is 0.433 e. The zero-order chi connectivity index (χ0) is 15.8. The second kappa shape index (κ2) is 5.43. The number of alkyl halides is 3. The number of nitrogens with zero attached hydrogens (tertiary/aromatic N) is 2. The van der Waals surface area contributed by atoms with E-state index < -0.39 is 23.0 Å². The maximum absolute atomic E-state index is 13.0. The van der Waals surface area contributed by atoms with Crippen molar-refractivity contribution < 1.29 is 18.0 Å². The first-order valence-corrected chi connectivity index (χ1v) is 7.39. The molecule has 1 aliphatic heterocycles. The van der Waals surface area contributed by atoms with E-state index in [1.807, 2.05) is 13.8 Å². The summed E-state index contributed by atoms with van der Waals surface area (Å²) in [6.45, 7) is 5.44. The molecule has 0 fully saturated rings. The number of halogens is 3. The zero-order valence-corrected chi connectivity index (χ0v) is 12.7. The van der Waals surface area contributed by atoms with Crippen LogP contribution >= 0.6 is 11.8 Å². The Morgan fingerprint density at radius 1 is 1.48 bits per heavy atom. The quantitative estimate of drug-likeness (QED) is 0.930. The van der Waals surface area contributed by atoms with Gasteiger partial charge in [-0.3, -0.25) is 14.6 Å². The molecule has 0 atom stereocenters. The van der Waals surface area contributed by atoms with Gasteiger partial charge in [0.25, 0.3) is 5.56 Å². The Balaban J connectivity index is 2.20. The van der Waals surface area contributed by atoms with Crippen LogP contribution in [0.4, 0.5) is 13.2 Å². The first-order valence-electron chi connectivity index (χ1n) is 6.41. The second-order valence-electron chi connectivity index (χ2n) is 5.31. The molecule has 9 heteroatoms. The molecule has 5 nitrogen and oxygen atoms in total. The number of hydrogen-bond donors (Lipinski definition) is 1. The van der Waals surface area contributed by atoms with Crippen LogP contribution in [0.1, 0.15) is 38.4 Å². The molecule has 21 heavy (non-hydrogen) atoms. The van der Waals surface area contributed by atoms with E-state index in [2.05, 4.69) is 10.3 Å². The Kier molecular flexibility index (Phi) is 4.14. The van der Waals surface area contributed by atoms with E-state index in [-0.39, 0.29) is 17.9 Å². The molecule has 0 spiro atoms. The van der Waals surface area contributed by atoms with E-state index in [1.165, 1.54) is 0 Å². The fourth-order valence-electron chi connectivity index (χ4n) is 1.95. The normalized spacial score (nSPS) is 17.7. The summed E-state index contributed by atoms with van der Waals surface area (Å²) in [7, 11) is 0. The minimum atomic E-state index is -4.58. The van der Waals surface area contributed by atoms with Crippen LogP contribution < -0.4 is 5.56 Å². The zero-order valence-electron chi connectivity index (χ0n) is 11.9. The number of aromatic amines is 1. The SMILES string of the molecule is CCn1[nH]c(C(F)(F)F)c(CSC2=NOC(C)(C)C2)c1=O. The van der Waals surface area contributed by atoms with E-state index >= 15 is 0 Å². The number of thioether (sulfide) groups is 1. The molecule has 0 saturated carbocycles. The molecule has 0 saturated heterocycles. The van der Waals surface area contributed by atoms with Crippen LogP contribution in [-0.2, 0) is 23.3 Å². The summed E-state index contributed by atoms with van der Waals surface area (Å²) >= 11 is 1.10. The van der Waals surface area contributed by atoms with E-state index in [9.17, 15) is 18.0 Å². The number of oxime groups is 1. The average Bonchev–Trinajstić information content (AvgIpc) is 2.86. The molecule has 0 aliphatic carbocycles. The van der Waals surface area contributed by atoms with E-state index in [0.29, 0.717) is 11.5 Å². The van der Waals surface area contributed by atoms with Crippen molar-refractivity contribution in [1.29, 1.82) is 0 Å². The van der Waals surface area contributed by atoms with Crippen LogP contribution in [0.3, 0.4) is 0 Å². The highest BCUT2D eigenvalue weighted by Crippen LogP contribution is 2.33. The van der Waals surface area contributed by atoms with Gasteiger partial charge in [-0.15, -0.1) is 11.8 Å². The van der Waals surface area contributed by atoms with E-state index in [1.54, 1.807) is 6.92 Å². The van der Waals surface area contributed by atoms with Crippen LogP contribution in [0.25, 0.3) is 0 Å². The molecule has 0 bridgehead atoms. The van der Waals surface area contributed by atoms with Gasteiger partial charge in [-0.2, -0.15) is 13.2 Å². The van der Waals surface area contributed by atoms with Crippen molar-refractivity contribution in [3.8, 4) is 0 Å². The molecular formula is C12H16F3N3O2S. The lowest BCUT2D eigenvalue weighted by Gasteiger charge is -2.13. The van der Waals surface area contributed by atoms with Gasteiger partial charge in [0.1, 0.15) is 16.3 Å². The van der Waals surface area contributed by atoms with E-state index in [4.69, 9.17) is 4.84 Å². The molecule has 118 valence electrons. The highest BCUT2D eigenvalue weighted by atomic mass is 32.2. The smallest absolute Gasteiger partial charge is 0.389 e. The number of rotatable bonds is 3.